The Morgan fingerprint density at radius 1 is 1.31 bits per heavy atom. The van der Waals surface area contributed by atoms with Gasteiger partial charge in [0.15, 0.2) is 0 Å². The lowest BCUT2D eigenvalue weighted by Gasteiger charge is -2.34. The Bertz CT molecular complexity index is 375. The van der Waals surface area contributed by atoms with Crippen LogP contribution in [0.25, 0.3) is 0 Å². The molecule has 0 heterocycles. The number of benzene rings is 1. The van der Waals surface area contributed by atoms with Crippen LogP contribution in [0.1, 0.15) is 49.3 Å². The van der Waals surface area contributed by atoms with Gasteiger partial charge >= 0.3 is 0 Å². The van der Waals surface area contributed by atoms with Crippen LogP contribution < -0.4 is 0 Å². The maximum absolute atomic E-state index is 10.6. The van der Waals surface area contributed by atoms with E-state index in [0.29, 0.717) is 0 Å². The molecule has 16 heavy (non-hydrogen) atoms. The number of hydrogen-bond donors (Lipinski definition) is 1. The molecule has 1 saturated carbocycles. The van der Waals surface area contributed by atoms with E-state index in [0.717, 1.165) is 17.9 Å². The molecule has 1 atom stereocenters. The molecule has 1 heteroatoms. The van der Waals surface area contributed by atoms with Crippen LogP contribution in [-0.2, 0) is 5.60 Å². The predicted octanol–water partition coefficient (Wildman–Crippen LogP) is 3.70. The van der Waals surface area contributed by atoms with Crippen LogP contribution >= 0.6 is 0 Å². The van der Waals surface area contributed by atoms with Gasteiger partial charge in [0.25, 0.3) is 0 Å². The van der Waals surface area contributed by atoms with Gasteiger partial charge in [-0.2, -0.15) is 0 Å². The van der Waals surface area contributed by atoms with Gasteiger partial charge in [0.05, 0.1) is 5.60 Å². The zero-order valence-electron chi connectivity index (χ0n) is 10.6. The average Bonchev–Trinajstić information content (AvgIpc) is 2.16. The van der Waals surface area contributed by atoms with Gasteiger partial charge in [-0.05, 0) is 44.2 Å². The fourth-order valence-electron chi connectivity index (χ4n) is 2.69. The van der Waals surface area contributed by atoms with Crippen molar-refractivity contribution < 1.29 is 5.11 Å². The second-order valence-corrected chi connectivity index (χ2v) is 5.59. The van der Waals surface area contributed by atoms with Crippen LogP contribution in [0.2, 0.25) is 0 Å². The molecular weight excluding hydrogens is 196 g/mol. The van der Waals surface area contributed by atoms with Crippen molar-refractivity contribution in [1.29, 1.82) is 0 Å². The molecule has 0 bridgehead atoms. The normalized spacial score (nSPS) is 20.2. The fourth-order valence-corrected chi connectivity index (χ4v) is 2.69. The van der Waals surface area contributed by atoms with Gasteiger partial charge in [-0.3, -0.25) is 0 Å². The van der Waals surface area contributed by atoms with E-state index < -0.39 is 5.60 Å². The van der Waals surface area contributed by atoms with E-state index in [1.165, 1.54) is 30.4 Å². The SMILES string of the molecule is Cc1ccc(C)c(C(C)(O)CC2CCC2)c1. The highest BCUT2D eigenvalue weighted by Gasteiger charge is 2.31. The first kappa shape index (κ1) is 11.7. The minimum Gasteiger partial charge on any atom is -0.385 e. The van der Waals surface area contributed by atoms with Crippen molar-refractivity contribution in [3.05, 3.63) is 34.9 Å². The molecule has 0 saturated heterocycles. The van der Waals surface area contributed by atoms with E-state index in [9.17, 15) is 5.11 Å². The summed E-state index contributed by atoms with van der Waals surface area (Å²) in [5, 5.41) is 10.6. The third-order valence-corrected chi connectivity index (χ3v) is 3.88. The highest BCUT2D eigenvalue weighted by molar-refractivity contribution is 5.34. The number of rotatable bonds is 3. The third-order valence-electron chi connectivity index (χ3n) is 3.88. The number of hydrogen-bond acceptors (Lipinski definition) is 1. The maximum atomic E-state index is 10.6. The first-order valence-electron chi connectivity index (χ1n) is 6.29. The third kappa shape index (κ3) is 2.30. The molecule has 0 aromatic heterocycles. The van der Waals surface area contributed by atoms with Gasteiger partial charge < -0.3 is 5.11 Å². The van der Waals surface area contributed by atoms with Gasteiger partial charge in [-0.25, -0.2) is 0 Å². The van der Waals surface area contributed by atoms with Crippen LogP contribution in [0.5, 0.6) is 0 Å². The summed E-state index contributed by atoms with van der Waals surface area (Å²) < 4.78 is 0. The van der Waals surface area contributed by atoms with E-state index in [-0.39, 0.29) is 0 Å². The van der Waals surface area contributed by atoms with Crippen molar-refractivity contribution in [1.82, 2.24) is 0 Å². The van der Waals surface area contributed by atoms with Crippen molar-refractivity contribution in [2.24, 2.45) is 5.92 Å². The predicted molar refractivity (Wildman–Crippen MR) is 67.4 cm³/mol. The zero-order valence-corrected chi connectivity index (χ0v) is 10.6. The van der Waals surface area contributed by atoms with Crippen molar-refractivity contribution in [2.45, 2.75) is 52.1 Å². The first-order valence-corrected chi connectivity index (χ1v) is 6.29. The van der Waals surface area contributed by atoms with Crippen LogP contribution in [0, 0.1) is 19.8 Å². The Balaban J connectivity index is 2.22. The molecule has 1 N–H and O–H groups in total. The lowest BCUT2D eigenvalue weighted by Crippen LogP contribution is -2.28. The fraction of sp³-hybridized carbons (Fsp3) is 0.600. The Labute approximate surface area is 98.5 Å². The Morgan fingerprint density at radius 2 is 2.00 bits per heavy atom. The molecule has 88 valence electrons. The van der Waals surface area contributed by atoms with E-state index in [1.54, 1.807) is 0 Å². The summed E-state index contributed by atoms with van der Waals surface area (Å²) in [7, 11) is 0. The van der Waals surface area contributed by atoms with Gasteiger partial charge in [0.2, 0.25) is 0 Å². The molecular formula is C15H22O. The second-order valence-electron chi connectivity index (χ2n) is 5.59. The van der Waals surface area contributed by atoms with E-state index in [1.807, 2.05) is 6.92 Å². The molecule has 1 aliphatic carbocycles. The summed E-state index contributed by atoms with van der Waals surface area (Å²) in [5.74, 6) is 0.731. The lowest BCUT2D eigenvalue weighted by atomic mass is 9.75. The van der Waals surface area contributed by atoms with Crippen LogP contribution in [0.15, 0.2) is 18.2 Å². The molecule has 1 fully saturated rings. The summed E-state index contributed by atoms with van der Waals surface area (Å²) in [6.07, 6.45) is 4.84. The topological polar surface area (TPSA) is 20.2 Å². The minimum absolute atomic E-state index is 0.652. The first-order chi connectivity index (χ1) is 7.49. The summed E-state index contributed by atoms with van der Waals surface area (Å²) in [4.78, 5) is 0. The number of aryl methyl sites for hydroxylation is 2. The van der Waals surface area contributed by atoms with Gasteiger partial charge in [-0.15, -0.1) is 0 Å². The van der Waals surface area contributed by atoms with Crippen LogP contribution in [0.4, 0.5) is 0 Å². The Morgan fingerprint density at radius 3 is 2.56 bits per heavy atom. The smallest absolute Gasteiger partial charge is 0.0873 e. The molecule has 1 unspecified atom stereocenters. The standard InChI is InChI=1S/C15H22O/c1-11-7-8-12(2)14(9-11)15(3,16)10-13-5-4-6-13/h7-9,13,16H,4-6,10H2,1-3H3. The molecule has 0 radical (unpaired) electrons. The average molecular weight is 218 g/mol. The molecule has 0 amide bonds. The summed E-state index contributed by atoms with van der Waals surface area (Å²) >= 11 is 0. The molecule has 0 aliphatic heterocycles. The van der Waals surface area contributed by atoms with Crippen molar-refractivity contribution in [2.75, 3.05) is 0 Å². The minimum atomic E-state index is -0.652. The lowest BCUT2D eigenvalue weighted by molar-refractivity contribution is 0.0156. The van der Waals surface area contributed by atoms with Gasteiger partial charge in [-0.1, -0.05) is 43.0 Å². The van der Waals surface area contributed by atoms with E-state index in [4.69, 9.17) is 0 Å². The van der Waals surface area contributed by atoms with E-state index >= 15 is 0 Å². The Hall–Kier alpha value is -0.820. The highest BCUT2D eigenvalue weighted by Crippen LogP contribution is 2.38. The maximum Gasteiger partial charge on any atom is 0.0873 e. The molecule has 1 nitrogen and oxygen atoms in total. The highest BCUT2D eigenvalue weighted by atomic mass is 16.3. The zero-order chi connectivity index (χ0) is 11.8. The molecule has 0 spiro atoms. The monoisotopic (exact) mass is 218 g/mol. The largest absolute Gasteiger partial charge is 0.385 e. The van der Waals surface area contributed by atoms with Crippen LogP contribution in [-0.4, -0.2) is 5.11 Å². The Kier molecular flexibility index (Phi) is 3.07. The quantitative estimate of drug-likeness (QED) is 0.820. The van der Waals surface area contributed by atoms with Crippen molar-refractivity contribution >= 4 is 0 Å². The molecule has 1 aromatic carbocycles. The van der Waals surface area contributed by atoms with Crippen molar-refractivity contribution in [3.63, 3.8) is 0 Å². The summed E-state index contributed by atoms with van der Waals surface area (Å²) in [6.45, 7) is 6.14. The molecule has 1 aliphatic rings. The second kappa shape index (κ2) is 4.21. The van der Waals surface area contributed by atoms with Gasteiger partial charge in [0, 0.05) is 0 Å². The van der Waals surface area contributed by atoms with Crippen molar-refractivity contribution in [3.8, 4) is 0 Å². The summed E-state index contributed by atoms with van der Waals surface area (Å²) in [6, 6.07) is 6.35. The van der Waals surface area contributed by atoms with Crippen LogP contribution in [0.3, 0.4) is 0 Å². The summed E-state index contributed by atoms with van der Waals surface area (Å²) in [5.41, 5.74) is 2.89. The van der Waals surface area contributed by atoms with Gasteiger partial charge in [0.1, 0.15) is 0 Å². The molecule has 2 rings (SSSR count). The number of aliphatic hydroxyl groups is 1. The van der Waals surface area contributed by atoms with E-state index in [2.05, 4.69) is 32.0 Å². The molecule has 1 aromatic rings.